The molecule has 5 nitrogen and oxygen atoms in total. The fourth-order valence-electron chi connectivity index (χ4n) is 0.984. The van der Waals surface area contributed by atoms with Gasteiger partial charge in [-0.2, -0.15) is 0 Å². The molecule has 0 fully saturated rings. The average molecular weight is 247 g/mol. The second-order valence-electron chi connectivity index (χ2n) is 3.65. The van der Waals surface area contributed by atoms with Gasteiger partial charge in [-0.05, 0) is 26.1 Å². The first-order chi connectivity index (χ1) is 7.56. The van der Waals surface area contributed by atoms with Gasteiger partial charge in [0.2, 0.25) is 5.91 Å². The summed E-state index contributed by atoms with van der Waals surface area (Å²) in [5.41, 5.74) is 0. The predicted octanol–water partition coefficient (Wildman–Crippen LogP) is 0.0116. The van der Waals surface area contributed by atoms with E-state index in [1.165, 1.54) is 0 Å². The highest BCUT2D eigenvalue weighted by molar-refractivity contribution is 7.80. The molecule has 0 aromatic carbocycles. The molecule has 0 radical (unpaired) electrons. The van der Waals surface area contributed by atoms with Crippen molar-refractivity contribution < 1.29 is 9.53 Å². The Labute approximate surface area is 102 Å². The lowest BCUT2D eigenvalue weighted by Crippen LogP contribution is -2.40. The minimum Gasteiger partial charge on any atom is -0.383 e. The Morgan fingerprint density at radius 3 is 2.56 bits per heavy atom. The van der Waals surface area contributed by atoms with Crippen LogP contribution in [0.3, 0.4) is 0 Å². The molecule has 0 heterocycles. The summed E-state index contributed by atoms with van der Waals surface area (Å²) < 4.78 is 4.82. The second-order valence-corrected chi connectivity index (χ2v) is 4.06. The zero-order chi connectivity index (χ0) is 12.4. The number of carbonyl (C=O) groups excluding carboxylic acids is 1. The molecule has 0 aliphatic rings. The normalized spacial score (nSPS) is 10.0. The number of carbonyl (C=O) groups is 1. The Bertz CT molecular complexity index is 222. The summed E-state index contributed by atoms with van der Waals surface area (Å²) in [6.07, 6.45) is 0.406. The van der Waals surface area contributed by atoms with Crippen LogP contribution in [0.25, 0.3) is 0 Å². The molecule has 0 unspecified atom stereocenters. The van der Waals surface area contributed by atoms with Gasteiger partial charge in [0.1, 0.15) is 0 Å². The van der Waals surface area contributed by atoms with E-state index in [0.717, 1.165) is 0 Å². The minimum absolute atomic E-state index is 0.00287. The molecule has 0 aromatic rings. The maximum Gasteiger partial charge on any atom is 0.221 e. The third kappa shape index (κ3) is 9.67. The van der Waals surface area contributed by atoms with Gasteiger partial charge in [0.25, 0.3) is 0 Å². The zero-order valence-electron chi connectivity index (χ0n) is 10.1. The highest BCUT2D eigenvalue weighted by atomic mass is 32.1. The van der Waals surface area contributed by atoms with Gasteiger partial charge < -0.3 is 20.7 Å². The molecule has 0 aromatic heterocycles. The maximum absolute atomic E-state index is 11.3. The highest BCUT2D eigenvalue weighted by Crippen LogP contribution is 1.80. The number of ether oxygens (including phenoxy) is 1. The molecule has 16 heavy (non-hydrogen) atoms. The van der Waals surface area contributed by atoms with E-state index in [2.05, 4.69) is 16.0 Å². The van der Waals surface area contributed by atoms with Crippen LogP contribution in [0, 0.1) is 0 Å². The second kappa shape index (κ2) is 9.35. The molecule has 0 aliphatic carbocycles. The Morgan fingerprint density at radius 2 is 2.00 bits per heavy atom. The van der Waals surface area contributed by atoms with Crippen molar-refractivity contribution >= 4 is 23.2 Å². The Hall–Kier alpha value is -0.880. The van der Waals surface area contributed by atoms with E-state index in [1.807, 2.05) is 13.8 Å². The summed E-state index contributed by atoms with van der Waals surface area (Å²) in [5.74, 6) is -0.00287. The fourth-order valence-corrected chi connectivity index (χ4v) is 1.32. The summed E-state index contributed by atoms with van der Waals surface area (Å²) in [7, 11) is 1.60. The van der Waals surface area contributed by atoms with Crippen LogP contribution in [0.1, 0.15) is 20.3 Å². The van der Waals surface area contributed by atoms with Crippen molar-refractivity contribution in [2.75, 3.05) is 26.8 Å². The van der Waals surface area contributed by atoms with Crippen LogP contribution in [0.4, 0.5) is 0 Å². The number of amides is 1. The first-order valence-corrected chi connectivity index (χ1v) is 5.77. The standard InChI is InChI=1S/C10H21N3O2S/c1-8(2)13-10(16)12-5-4-9(14)11-6-7-15-3/h8H,4-7H2,1-3H3,(H,11,14)(H2,12,13,16). The van der Waals surface area contributed by atoms with Gasteiger partial charge in [0.15, 0.2) is 5.11 Å². The smallest absolute Gasteiger partial charge is 0.221 e. The predicted molar refractivity (Wildman–Crippen MR) is 68.4 cm³/mol. The monoisotopic (exact) mass is 247 g/mol. The van der Waals surface area contributed by atoms with Gasteiger partial charge in [0, 0.05) is 32.7 Å². The van der Waals surface area contributed by atoms with Gasteiger partial charge in [0.05, 0.1) is 6.61 Å². The molecule has 0 saturated heterocycles. The summed E-state index contributed by atoms with van der Waals surface area (Å²) in [5, 5.41) is 9.31. The van der Waals surface area contributed by atoms with Crippen LogP contribution in [-0.2, 0) is 9.53 Å². The number of rotatable bonds is 7. The average Bonchev–Trinajstić information content (AvgIpc) is 2.17. The molecular weight excluding hydrogens is 226 g/mol. The van der Waals surface area contributed by atoms with Crippen molar-refractivity contribution in [3.63, 3.8) is 0 Å². The van der Waals surface area contributed by atoms with Crippen molar-refractivity contribution in [3.05, 3.63) is 0 Å². The van der Waals surface area contributed by atoms with Crippen LogP contribution >= 0.6 is 12.2 Å². The molecule has 0 bridgehead atoms. The lowest BCUT2D eigenvalue weighted by molar-refractivity contribution is -0.121. The van der Waals surface area contributed by atoms with Crippen LogP contribution in [0.5, 0.6) is 0 Å². The van der Waals surface area contributed by atoms with E-state index in [0.29, 0.717) is 37.3 Å². The van der Waals surface area contributed by atoms with Crippen molar-refractivity contribution in [3.8, 4) is 0 Å². The first-order valence-electron chi connectivity index (χ1n) is 5.36. The quantitative estimate of drug-likeness (QED) is 0.437. The van der Waals surface area contributed by atoms with Crippen molar-refractivity contribution in [1.82, 2.24) is 16.0 Å². The van der Waals surface area contributed by atoms with Crippen molar-refractivity contribution in [2.24, 2.45) is 0 Å². The maximum atomic E-state index is 11.3. The molecule has 6 heteroatoms. The van der Waals surface area contributed by atoms with Gasteiger partial charge in [-0.15, -0.1) is 0 Å². The summed E-state index contributed by atoms with van der Waals surface area (Å²) in [4.78, 5) is 11.3. The van der Waals surface area contributed by atoms with Crippen molar-refractivity contribution in [1.29, 1.82) is 0 Å². The lowest BCUT2D eigenvalue weighted by atomic mass is 10.4. The third-order valence-corrected chi connectivity index (χ3v) is 1.95. The van der Waals surface area contributed by atoms with Crippen LogP contribution in [-0.4, -0.2) is 43.9 Å². The van der Waals surface area contributed by atoms with Crippen LogP contribution < -0.4 is 16.0 Å². The topological polar surface area (TPSA) is 62.4 Å². The van der Waals surface area contributed by atoms with Gasteiger partial charge in [-0.1, -0.05) is 0 Å². The number of nitrogens with one attached hydrogen (secondary N) is 3. The molecule has 0 atom stereocenters. The lowest BCUT2D eigenvalue weighted by Gasteiger charge is -2.12. The summed E-state index contributed by atoms with van der Waals surface area (Å²) >= 11 is 5.01. The van der Waals surface area contributed by atoms with E-state index in [9.17, 15) is 4.79 Å². The molecule has 0 saturated carbocycles. The molecule has 0 rings (SSSR count). The van der Waals surface area contributed by atoms with E-state index in [-0.39, 0.29) is 5.91 Å². The first kappa shape index (κ1) is 15.1. The van der Waals surface area contributed by atoms with E-state index in [1.54, 1.807) is 7.11 Å². The molecular formula is C10H21N3O2S. The van der Waals surface area contributed by atoms with E-state index in [4.69, 9.17) is 17.0 Å². The largest absolute Gasteiger partial charge is 0.383 e. The Balaban J connectivity index is 3.43. The number of hydrogen-bond donors (Lipinski definition) is 3. The summed E-state index contributed by atoms with van der Waals surface area (Å²) in [6, 6.07) is 0.301. The van der Waals surface area contributed by atoms with Gasteiger partial charge in [-0.3, -0.25) is 4.79 Å². The molecule has 0 spiro atoms. The Morgan fingerprint density at radius 1 is 1.31 bits per heavy atom. The summed E-state index contributed by atoms with van der Waals surface area (Å²) in [6.45, 7) is 5.63. The highest BCUT2D eigenvalue weighted by Gasteiger charge is 2.01. The van der Waals surface area contributed by atoms with Crippen LogP contribution in [0.2, 0.25) is 0 Å². The number of thiocarbonyl (C=S) groups is 1. The Kier molecular flexibility index (Phi) is 8.84. The van der Waals surface area contributed by atoms with Crippen molar-refractivity contribution in [2.45, 2.75) is 26.3 Å². The van der Waals surface area contributed by atoms with Crippen LogP contribution in [0.15, 0.2) is 0 Å². The zero-order valence-corrected chi connectivity index (χ0v) is 10.9. The molecule has 94 valence electrons. The number of methoxy groups -OCH3 is 1. The van der Waals surface area contributed by atoms with E-state index < -0.39 is 0 Å². The number of hydrogen-bond acceptors (Lipinski definition) is 3. The van der Waals surface area contributed by atoms with E-state index >= 15 is 0 Å². The molecule has 0 aliphatic heterocycles. The van der Waals surface area contributed by atoms with Gasteiger partial charge >= 0.3 is 0 Å². The minimum atomic E-state index is -0.00287. The SMILES string of the molecule is COCCNC(=O)CCNC(=S)NC(C)C. The molecule has 1 amide bonds. The van der Waals surface area contributed by atoms with Gasteiger partial charge in [-0.25, -0.2) is 0 Å². The third-order valence-electron chi connectivity index (χ3n) is 1.69. The fraction of sp³-hybridized carbons (Fsp3) is 0.800. The molecule has 3 N–H and O–H groups in total.